The lowest BCUT2D eigenvalue weighted by Gasteiger charge is -2.11. The second-order valence-electron chi connectivity index (χ2n) is 4.54. The molecule has 0 fully saturated rings. The van der Waals surface area contributed by atoms with E-state index in [0.717, 1.165) is 17.4 Å². The summed E-state index contributed by atoms with van der Waals surface area (Å²) in [5, 5.41) is 3.29. The van der Waals surface area contributed by atoms with Gasteiger partial charge in [0.05, 0.1) is 17.8 Å². The number of aryl methyl sites for hydroxylation is 1. The molecule has 0 saturated carbocycles. The Bertz CT molecular complexity index is 655. The number of hydrogen-bond acceptors (Lipinski definition) is 2. The zero-order chi connectivity index (χ0) is 15.4. The zero-order valence-electron chi connectivity index (χ0n) is 11.8. The maximum Gasteiger partial charge on any atom is 0.272 e. The molecule has 2 aromatic rings. The van der Waals surface area contributed by atoms with Crippen molar-refractivity contribution in [3.8, 4) is 5.75 Å². The molecule has 0 unspecified atom stereocenters. The number of anilines is 1. The van der Waals surface area contributed by atoms with Crippen LogP contribution in [0.1, 0.15) is 23.8 Å². The number of rotatable bonds is 5. The first-order valence-electron chi connectivity index (χ1n) is 6.55. The van der Waals surface area contributed by atoms with Crippen molar-refractivity contribution < 1.29 is 9.53 Å². The Morgan fingerprint density at radius 3 is 2.86 bits per heavy atom. The molecule has 1 amide bonds. The van der Waals surface area contributed by atoms with Crippen LogP contribution < -0.4 is 10.1 Å². The number of benzene rings is 1. The van der Waals surface area contributed by atoms with Gasteiger partial charge in [-0.2, -0.15) is 0 Å². The highest BCUT2D eigenvalue weighted by Gasteiger charge is 2.14. The Morgan fingerprint density at radius 2 is 2.19 bits per heavy atom. The molecule has 0 bridgehead atoms. The first-order chi connectivity index (χ1) is 10.0. The molecular formula is C15H16BrClN2O2. The molecule has 0 aliphatic carbocycles. The summed E-state index contributed by atoms with van der Waals surface area (Å²) < 4.78 is 7.92. The van der Waals surface area contributed by atoms with Crippen LogP contribution in [0.3, 0.4) is 0 Å². The van der Waals surface area contributed by atoms with E-state index in [0.29, 0.717) is 22.2 Å². The van der Waals surface area contributed by atoms with E-state index in [1.54, 1.807) is 31.4 Å². The molecule has 6 heteroatoms. The Kier molecular flexibility index (Phi) is 5.31. The maximum atomic E-state index is 12.4. The third-order valence-electron chi connectivity index (χ3n) is 2.98. The number of carbonyl (C=O) groups is 1. The average Bonchev–Trinajstić information content (AvgIpc) is 2.82. The highest BCUT2D eigenvalue weighted by atomic mass is 79.9. The number of ether oxygens (including phenoxy) is 1. The van der Waals surface area contributed by atoms with Gasteiger partial charge < -0.3 is 14.6 Å². The summed E-state index contributed by atoms with van der Waals surface area (Å²) in [5.41, 5.74) is 1.11. The molecule has 0 radical (unpaired) electrons. The molecule has 0 saturated heterocycles. The van der Waals surface area contributed by atoms with E-state index >= 15 is 0 Å². The molecule has 0 aliphatic heterocycles. The minimum atomic E-state index is -0.204. The molecule has 1 aromatic carbocycles. The number of halogens is 2. The van der Waals surface area contributed by atoms with Crippen LogP contribution >= 0.6 is 27.5 Å². The normalized spacial score (nSPS) is 10.5. The largest absolute Gasteiger partial charge is 0.497 e. The van der Waals surface area contributed by atoms with Crippen molar-refractivity contribution in [2.24, 2.45) is 0 Å². The fraction of sp³-hybridized carbons (Fsp3) is 0.267. The molecule has 0 spiro atoms. The average molecular weight is 372 g/mol. The Labute approximate surface area is 137 Å². The molecular weight excluding hydrogens is 356 g/mol. The number of amides is 1. The molecule has 21 heavy (non-hydrogen) atoms. The van der Waals surface area contributed by atoms with Crippen LogP contribution in [0.2, 0.25) is 5.02 Å². The van der Waals surface area contributed by atoms with Crippen LogP contribution in [0.5, 0.6) is 5.75 Å². The van der Waals surface area contributed by atoms with Crippen molar-refractivity contribution in [2.45, 2.75) is 19.9 Å². The summed E-state index contributed by atoms with van der Waals surface area (Å²) >= 11 is 9.50. The highest BCUT2D eigenvalue weighted by Crippen LogP contribution is 2.27. The first-order valence-corrected chi connectivity index (χ1v) is 7.72. The van der Waals surface area contributed by atoms with Crippen molar-refractivity contribution in [3.05, 3.63) is 45.7 Å². The van der Waals surface area contributed by atoms with Gasteiger partial charge in [0.1, 0.15) is 11.4 Å². The van der Waals surface area contributed by atoms with Crippen molar-refractivity contribution in [2.75, 3.05) is 12.4 Å². The Morgan fingerprint density at radius 1 is 1.43 bits per heavy atom. The van der Waals surface area contributed by atoms with Crippen molar-refractivity contribution in [3.63, 3.8) is 0 Å². The van der Waals surface area contributed by atoms with Gasteiger partial charge in [0.25, 0.3) is 5.91 Å². The van der Waals surface area contributed by atoms with Crippen LogP contribution in [-0.2, 0) is 6.54 Å². The zero-order valence-corrected chi connectivity index (χ0v) is 14.2. The van der Waals surface area contributed by atoms with Gasteiger partial charge in [-0.15, -0.1) is 0 Å². The quantitative estimate of drug-likeness (QED) is 0.836. The van der Waals surface area contributed by atoms with Crippen LogP contribution in [0, 0.1) is 0 Å². The molecule has 0 aliphatic rings. The molecule has 0 atom stereocenters. The molecule has 2 rings (SSSR count). The predicted molar refractivity (Wildman–Crippen MR) is 88.4 cm³/mol. The maximum absolute atomic E-state index is 12.4. The van der Waals surface area contributed by atoms with Gasteiger partial charge in [0, 0.05) is 23.3 Å². The minimum absolute atomic E-state index is 0.204. The van der Waals surface area contributed by atoms with Gasteiger partial charge in [-0.3, -0.25) is 4.79 Å². The smallest absolute Gasteiger partial charge is 0.272 e. The highest BCUT2D eigenvalue weighted by molar-refractivity contribution is 9.10. The lowest BCUT2D eigenvalue weighted by Crippen LogP contribution is -2.17. The fourth-order valence-electron chi connectivity index (χ4n) is 2.00. The topological polar surface area (TPSA) is 43.3 Å². The third kappa shape index (κ3) is 3.80. The van der Waals surface area contributed by atoms with E-state index in [4.69, 9.17) is 16.3 Å². The summed E-state index contributed by atoms with van der Waals surface area (Å²) in [6.45, 7) is 2.84. The number of nitrogens with one attached hydrogen (secondary N) is 1. The van der Waals surface area contributed by atoms with Crippen molar-refractivity contribution in [1.29, 1.82) is 0 Å². The summed E-state index contributed by atoms with van der Waals surface area (Å²) in [4.78, 5) is 12.4. The van der Waals surface area contributed by atoms with Gasteiger partial charge in [0.2, 0.25) is 0 Å². The van der Waals surface area contributed by atoms with Crippen LogP contribution in [0.25, 0.3) is 0 Å². The molecule has 1 heterocycles. The SMILES string of the molecule is CCCn1cc(Br)cc1C(=O)Nc1cc(OC)ccc1Cl. The van der Waals surface area contributed by atoms with E-state index in [1.165, 1.54) is 0 Å². The van der Waals surface area contributed by atoms with Crippen LogP contribution in [-0.4, -0.2) is 17.6 Å². The van der Waals surface area contributed by atoms with Gasteiger partial charge in [-0.05, 0) is 40.5 Å². The van der Waals surface area contributed by atoms with Crippen molar-refractivity contribution >= 4 is 39.1 Å². The van der Waals surface area contributed by atoms with E-state index < -0.39 is 0 Å². The summed E-state index contributed by atoms with van der Waals surface area (Å²) in [7, 11) is 1.57. The number of aromatic nitrogens is 1. The van der Waals surface area contributed by atoms with Crippen LogP contribution in [0.15, 0.2) is 34.9 Å². The van der Waals surface area contributed by atoms with E-state index in [1.807, 2.05) is 10.8 Å². The Balaban J connectivity index is 2.25. The summed E-state index contributed by atoms with van der Waals surface area (Å²) in [6.07, 6.45) is 2.84. The second-order valence-corrected chi connectivity index (χ2v) is 5.86. The third-order valence-corrected chi connectivity index (χ3v) is 3.75. The summed E-state index contributed by atoms with van der Waals surface area (Å²) in [5.74, 6) is 0.434. The second kappa shape index (κ2) is 7.00. The first kappa shape index (κ1) is 15.9. The fourth-order valence-corrected chi connectivity index (χ4v) is 2.63. The van der Waals surface area contributed by atoms with E-state index in [2.05, 4.69) is 28.2 Å². The molecule has 4 nitrogen and oxygen atoms in total. The predicted octanol–water partition coefficient (Wildman–Crippen LogP) is 4.57. The van der Waals surface area contributed by atoms with E-state index in [-0.39, 0.29) is 5.91 Å². The molecule has 1 N–H and O–H groups in total. The molecule has 112 valence electrons. The number of carbonyl (C=O) groups excluding carboxylic acids is 1. The van der Waals surface area contributed by atoms with Gasteiger partial charge in [-0.1, -0.05) is 18.5 Å². The lowest BCUT2D eigenvalue weighted by atomic mass is 10.3. The summed E-state index contributed by atoms with van der Waals surface area (Å²) in [6, 6.07) is 6.92. The van der Waals surface area contributed by atoms with E-state index in [9.17, 15) is 4.79 Å². The molecule has 1 aromatic heterocycles. The minimum Gasteiger partial charge on any atom is -0.497 e. The van der Waals surface area contributed by atoms with Gasteiger partial charge >= 0.3 is 0 Å². The number of methoxy groups -OCH3 is 1. The Hall–Kier alpha value is -1.46. The van der Waals surface area contributed by atoms with Crippen molar-refractivity contribution in [1.82, 2.24) is 4.57 Å². The lowest BCUT2D eigenvalue weighted by molar-refractivity contribution is 0.101. The number of hydrogen-bond donors (Lipinski definition) is 1. The van der Waals surface area contributed by atoms with Crippen LogP contribution in [0.4, 0.5) is 5.69 Å². The monoisotopic (exact) mass is 370 g/mol. The number of nitrogens with zero attached hydrogens (tertiary/aromatic N) is 1. The standard InChI is InChI=1S/C15H16BrClN2O2/c1-3-6-19-9-10(16)7-14(19)15(20)18-13-8-11(21-2)4-5-12(13)17/h4-5,7-9H,3,6H2,1-2H3,(H,18,20). The van der Waals surface area contributed by atoms with Gasteiger partial charge in [0.15, 0.2) is 0 Å². The van der Waals surface area contributed by atoms with Gasteiger partial charge in [-0.25, -0.2) is 0 Å².